The molecule has 2 aromatic heterocycles. The molecule has 0 aliphatic heterocycles. The van der Waals surface area contributed by atoms with Gasteiger partial charge in [0.15, 0.2) is 0 Å². The van der Waals surface area contributed by atoms with Gasteiger partial charge in [-0.25, -0.2) is 9.97 Å². The molecule has 1 fully saturated rings. The molecule has 19 heavy (non-hydrogen) atoms. The van der Waals surface area contributed by atoms with Crippen molar-refractivity contribution in [1.29, 1.82) is 0 Å². The van der Waals surface area contributed by atoms with E-state index < -0.39 is 0 Å². The monoisotopic (exact) mass is 294 g/mol. The van der Waals surface area contributed by atoms with Gasteiger partial charge in [0.05, 0.1) is 0 Å². The molecule has 1 aliphatic carbocycles. The van der Waals surface area contributed by atoms with E-state index in [0.717, 1.165) is 22.0 Å². The van der Waals surface area contributed by atoms with Crippen LogP contribution in [-0.4, -0.2) is 9.97 Å². The minimum atomic E-state index is 0.503. The molecule has 0 N–H and O–H groups in total. The second kappa shape index (κ2) is 5.37. The van der Waals surface area contributed by atoms with Crippen LogP contribution in [-0.2, 0) is 0 Å². The normalized spacial score (nSPS) is 23.9. The molecule has 1 aliphatic rings. The Bertz CT molecular complexity index is 593. The molecule has 2 nitrogen and oxygen atoms in total. The summed E-state index contributed by atoms with van der Waals surface area (Å²) in [4.78, 5) is 11.6. The van der Waals surface area contributed by atoms with Crippen molar-refractivity contribution >= 4 is 33.2 Å². The van der Waals surface area contributed by atoms with E-state index in [-0.39, 0.29) is 0 Å². The number of hydrogen-bond acceptors (Lipinski definition) is 3. The van der Waals surface area contributed by atoms with Crippen LogP contribution in [0.4, 0.5) is 0 Å². The Labute approximate surface area is 123 Å². The van der Waals surface area contributed by atoms with Crippen molar-refractivity contribution < 1.29 is 0 Å². The molecule has 0 amide bonds. The number of rotatable bonds is 2. The quantitative estimate of drug-likeness (QED) is 0.699. The molecule has 1 saturated carbocycles. The molecule has 102 valence electrons. The fourth-order valence-electron chi connectivity index (χ4n) is 3.10. The van der Waals surface area contributed by atoms with Crippen LogP contribution in [0, 0.1) is 12.8 Å². The molecule has 2 atom stereocenters. The SMILES string of the molecule is CCC1CCCC(c2nc(Cl)c3cc(C)sc3n2)C1. The average molecular weight is 295 g/mol. The smallest absolute Gasteiger partial charge is 0.141 e. The van der Waals surface area contributed by atoms with Crippen LogP contribution in [0.15, 0.2) is 6.07 Å². The summed E-state index contributed by atoms with van der Waals surface area (Å²) >= 11 is 8.04. The maximum Gasteiger partial charge on any atom is 0.141 e. The predicted molar refractivity (Wildman–Crippen MR) is 82.2 cm³/mol. The lowest BCUT2D eigenvalue weighted by atomic mass is 9.80. The van der Waals surface area contributed by atoms with Crippen molar-refractivity contribution in [2.24, 2.45) is 5.92 Å². The van der Waals surface area contributed by atoms with Crippen molar-refractivity contribution in [1.82, 2.24) is 9.97 Å². The van der Waals surface area contributed by atoms with E-state index in [1.165, 1.54) is 37.0 Å². The van der Waals surface area contributed by atoms with Crippen molar-refractivity contribution in [3.05, 3.63) is 21.9 Å². The zero-order valence-corrected chi connectivity index (χ0v) is 13.0. The minimum absolute atomic E-state index is 0.503. The molecular weight excluding hydrogens is 276 g/mol. The lowest BCUT2D eigenvalue weighted by molar-refractivity contribution is 0.307. The van der Waals surface area contributed by atoms with Crippen molar-refractivity contribution in [2.45, 2.75) is 51.9 Å². The van der Waals surface area contributed by atoms with Gasteiger partial charge < -0.3 is 0 Å². The molecule has 3 rings (SSSR count). The van der Waals surface area contributed by atoms with Gasteiger partial charge in [-0.1, -0.05) is 37.8 Å². The molecule has 0 saturated heterocycles. The molecule has 4 heteroatoms. The molecule has 2 heterocycles. The minimum Gasteiger partial charge on any atom is -0.222 e. The van der Waals surface area contributed by atoms with Gasteiger partial charge in [-0.2, -0.15) is 0 Å². The van der Waals surface area contributed by atoms with Gasteiger partial charge in [-0.05, 0) is 31.7 Å². The summed E-state index contributed by atoms with van der Waals surface area (Å²) in [5, 5.41) is 1.64. The third-order valence-corrected chi connectivity index (χ3v) is 5.44. The summed E-state index contributed by atoms with van der Waals surface area (Å²) in [6, 6.07) is 2.09. The van der Waals surface area contributed by atoms with Gasteiger partial charge in [0.25, 0.3) is 0 Å². The predicted octanol–water partition coefficient (Wildman–Crippen LogP) is 5.34. The third kappa shape index (κ3) is 2.63. The van der Waals surface area contributed by atoms with Gasteiger partial charge >= 0.3 is 0 Å². The standard InChI is InChI=1S/C15H19ClN2S/c1-3-10-5-4-6-11(8-10)14-17-13(16)12-7-9(2)19-15(12)18-14/h7,10-11H,3-6,8H2,1-2H3. The molecule has 0 radical (unpaired) electrons. The first kappa shape index (κ1) is 13.3. The zero-order chi connectivity index (χ0) is 13.4. The number of aryl methyl sites for hydroxylation is 1. The van der Waals surface area contributed by atoms with Gasteiger partial charge in [0, 0.05) is 16.2 Å². The van der Waals surface area contributed by atoms with Gasteiger partial charge in [0.1, 0.15) is 15.8 Å². The summed E-state index contributed by atoms with van der Waals surface area (Å²) in [5.74, 6) is 2.31. The van der Waals surface area contributed by atoms with Gasteiger partial charge in [-0.3, -0.25) is 0 Å². The number of hydrogen-bond donors (Lipinski definition) is 0. The van der Waals surface area contributed by atoms with Crippen LogP contribution in [0.5, 0.6) is 0 Å². The average Bonchev–Trinajstić information content (AvgIpc) is 2.80. The Morgan fingerprint density at radius 3 is 3.00 bits per heavy atom. The Hall–Kier alpha value is -0.670. The van der Waals surface area contributed by atoms with Crippen molar-refractivity contribution in [3.8, 4) is 0 Å². The first-order valence-electron chi connectivity index (χ1n) is 7.11. The Balaban J connectivity index is 1.96. The largest absolute Gasteiger partial charge is 0.222 e. The second-order valence-corrected chi connectivity index (χ2v) is 7.18. The van der Waals surface area contributed by atoms with Crippen LogP contribution in [0.25, 0.3) is 10.2 Å². The highest BCUT2D eigenvalue weighted by atomic mass is 35.5. The third-order valence-electron chi connectivity index (χ3n) is 4.21. The van der Waals surface area contributed by atoms with Gasteiger partial charge in [-0.15, -0.1) is 11.3 Å². The Morgan fingerprint density at radius 1 is 1.37 bits per heavy atom. The number of fused-ring (bicyclic) bond motifs is 1. The number of thiophene rings is 1. The molecule has 0 aromatic carbocycles. The van der Waals surface area contributed by atoms with Crippen LogP contribution in [0.2, 0.25) is 5.15 Å². The van der Waals surface area contributed by atoms with Crippen LogP contribution >= 0.6 is 22.9 Å². The van der Waals surface area contributed by atoms with Crippen LogP contribution in [0.3, 0.4) is 0 Å². The maximum absolute atomic E-state index is 6.32. The van der Waals surface area contributed by atoms with E-state index in [1.807, 2.05) is 0 Å². The van der Waals surface area contributed by atoms with E-state index in [2.05, 4.69) is 24.9 Å². The topological polar surface area (TPSA) is 25.8 Å². The van der Waals surface area contributed by atoms with Gasteiger partial charge in [0.2, 0.25) is 0 Å². The van der Waals surface area contributed by atoms with E-state index in [9.17, 15) is 0 Å². The Morgan fingerprint density at radius 2 is 2.21 bits per heavy atom. The lowest BCUT2D eigenvalue weighted by Gasteiger charge is -2.27. The number of aromatic nitrogens is 2. The summed E-state index contributed by atoms with van der Waals surface area (Å²) in [6.45, 7) is 4.38. The first-order valence-corrected chi connectivity index (χ1v) is 8.30. The lowest BCUT2D eigenvalue weighted by Crippen LogP contribution is -2.15. The summed E-state index contributed by atoms with van der Waals surface area (Å²) in [5.41, 5.74) is 0. The van der Waals surface area contributed by atoms with Crippen molar-refractivity contribution in [2.75, 3.05) is 0 Å². The fraction of sp³-hybridized carbons (Fsp3) is 0.600. The molecule has 0 spiro atoms. The summed E-state index contributed by atoms with van der Waals surface area (Å²) < 4.78 is 0. The van der Waals surface area contributed by atoms with Crippen molar-refractivity contribution in [3.63, 3.8) is 0 Å². The van der Waals surface area contributed by atoms with E-state index in [0.29, 0.717) is 11.1 Å². The summed E-state index contributed by atoms with van der Waals surface area (Å²) in [6.07, 6.45) is 6.36. The van der Waals surface area contributed by atoms with E-state index >= 15 is 0 Å². The highest BCUT2D eigenvalue weighted by molar-refractivity contribution is 7.18. The Kier molecular flexibility index (Phi) is 3.77. The number of halogens is 1. The fourth-order valence-corrected chi connectivity index (χ4v) is 4.27. The molecule has 0 bridgehead atoms. The summed E-state index contributed by atoms with van der Waals surface area (Å²) in [7, 11) is 0. The van der Waals surface area contributed by atoms with Crippen LogP contribution < -0.4 is 0 Å². The number of nitrogens with zero attached hydrogens (tertiary/aromatic N) is 2. The first-order chi connectivity index (χ1) is 9.17. The van der Waals surface area contributed by atoms with Crippen LogP contribution in [0.1, 0.15) is 55.6 Å². The van der Waals surface area contributed by atoms with E-state index in [1.54, 1.807) is 11.3 Å². The molecular formula is C15H19ClN2S. The highest BCUT2D eigenvalue weighted by Crippen LogP contribution is 2.38. The molecule has 2 aromatic rings. The van der Waals surface area contributed by atoms with E-state index in [4.69, 9.17) is 16.6 Å². The maximum atomic E-state index is 6.32. The zero-order valence-electron chi connectivity index (χ0n) is 11.4. The second-order valence-electron chi connectivity index (χ2n) is 5.59. The molecule has 2 unspecified atom stereocenters. The highest BCUT2D eigenvalue weighted by Gasteiger charge is 2.25.